The van der Waals surface area contributed by atoms with Gasteiger partial charge in [-0.2, -0.15) is 0 Å². The van der Waals surface area contributed by atoms with Crippen LogP contribution in [0.3, 0.4) is 0 Å². The molecule has 0 saturated heterocycles. The minimum absolute atomic E-state index is 0.198. The van der Waals surface area contributed by atoms with Crippen LogP contribution in [0.4, 0.5) is 4.79 Å². The van der Waals surface area contributed by atoms with Gasteiger partial charge in [0, 0.05) is 13.8 Å². The Balaban J connectivity index is 4.84. The molecule has 124 valence electrons. The average Bonchev–Trinajstić information content (AvgIpc) is 2.24. The van der Waals surface area contributed by atoms with Crippen molar-refractivity contribution in [1.82, 2.24) is 5.32 Å². The minimum atomic E-state index is -2.95. The fourth-order valence-corrected chi connectivity index (χ4v) is 2.57. The summed E-state index contributed by atoms with van der Waals surface area (Å²) in [6.07, 6.45) is -0.386. The monoisotopic (exact) mass is 321 g/mol. The zero-order valence-electron chi connectivity index (χ0n) is 14.1. The lowest BCUT2D eigenvalue weighted by Crippen LogP contribution is -2.45. The molecule has 0 fully saturated rings. The van der Waals surface area contributed by atoms with Gasteiger partial charge in [-0.15, -0.1) is 0 Å². The van der Waals surface area contributed by atoms with E-state index in [9.17, 15) is 14.2 Å². The van der Waals surface area contributed by atoms with E-state index < -0.39 is 25.1 Å². The molecule has 0 aliphatic carbocycles. The fraction of sp³-hybridized carbons (Fsp3) is 0.857. The topological polar surface area (TPSA) is 81.7 Å². The van der Waals surface area contributed by atoms with Crippen molar-refractivity contribution in [2.24, 2.45) is 5.92 Å². The molecule has 1 N–H and O–H groups in total. The second-order valence-electron chi connectivity index (χ2n) is 6.65. The highest BCUT2D eigenvalue weighted by molar-refractivity contribution is 7.59. The number of carbonyl (C=O) groups excluding carboxylic acids is 2. The Bertz CT molecular complexity index is 414. The molecule has 1 unspecified atom stereocenters. The van der Waals surface area contributed by atoms with E-state index in [0.717, 1.165) is 0 Å². The number of carbonyl (C=O) groups is 2. The van der Waals surface area contributed by atoms with Gasteiger partial charge in [0.15, 0.2) is 5.78 Å². The number of alkyl carbamates (subject to hydrolysis) is 1. The number of amides is 1. The Hall–Kier alpha value is -0.870. The van der Waals surface area contributed by atoms with E-state index >= 15 is 0 Å². The lowest BCUT2D eigenvalue weighted by Gasteiger charge is -2.24. The summed E-state index contributed by atoms with van der Waals surface area (Å²) in [5, 5.41) is 2.56. The number of ether oxygens (including phenoxy) is 1. The summed E-state index contributed by atoms with van der Waals surface area (Å²) in [6.45, 7) is 10.5. The summed E-state index contributed by atoms with van der Waals surface area (Å²) in [7, 11) is -1.64. The van der Waals surface area contributed by atoms with E-state index in [1.165, 1.54) is 13.8 Å². The third kappa shape index (κ3) is 9.64. The molecule has 1 amide bonds. The van der Waals surface area contributed by atoms with Crippen molar-refractivity contribution < 1.29 is 23.4 Å². The molecule has 0 aromatic heterocycles. The first-order chi connectivity index (χ1) is 9.36. The van der Waals surface area contributed by atoms with Crippen molar-refractivity contribution in [3.8, 4) is 0 Å². The Kier molecular flexibility index (Phi) is 7.62. The molecule has 0 bridgehead atoms. The number of hydrogen-bond donors (Lipinski definition) is 1. The summed E-state index contributed by atoms with van der Waals surface area (Å²) in [5.74, 6) is -0.102. The Morgan fingerprint density at radius 2 is 1.76 bits per heavy atom. The lowest BCUT2D eigenvalue weighted by atomic mass is 10.0. The van der Waals surface area contributed by atoms with Gasteiger partial charge in [0.2, 0.25) is 7.37 Å². The molecule has 6 nitrogen and oxygen atoms in total. The smallest absolute Gasteiger partial charge is 0.408 e. The van der Waals surface area contributed by atoms with Crippen molar-refractivity contribution >= 4 is 19.2 Å². The van der Waals surface area contributed by atoms with E-state index in [4.69, 9.17) is 9.26 Å². The first-order valence-corrected chi connectivity index (χ1v) is 9.26. The molecule has 0 aliphatic heterocycles. The van der Waals surface area contributed by atoms with E-state index in [2.05, 4.69) is 5.32 Å². The van der Waals surface area contributed by atoms with Crippen LogP contribution in [0, 0.1) is 5.92 Å². The van der Waals surface area contributed by atoms with Gasteiger partial charge in [-0.05, 0) is 33.1 Å². The molecule has 0 aliphatic rings. The molecule has 0 spiro atoms. The predicted molar refractivity (Wildman–Crippen MR) is 83.0 cm³/mol. The SMILES string of the molecule is COP(C)(=O)CC(=O)[C@H](CC(C)C)NC(=O)OC(C)(C)C. The van der Waals surface area contributed by atoms with Gasteiger partial charge < -0.3 is 14.6 Å². The van der Waals surface area contributed by atoms with Gasteiger partial charge in [-0.25, -0.2) is 4.79 Å². The quantitative estimate of drug-likeness (QED) is 0.729. The Morgan fingerprint density at radius 1 is 1.24 bits per heavy atom. The van der Waals surface area contributed by atoms with Crippen LogP contribution in [0.2, 0.25) is 0 Å². The van der Waals surface area contributed by atoms with E-state index in [-0.39, 0.29) is 17.9 Å². The summed E-state index contributed by atoms with van der Waals surface area (Å²) in [6, 6.07) is -0.719. The first kappa shape index (κ1) is 20.1. The molecular weight excluding hydrogens is 293 g/mol. The molecule has 21 heavy (non-hydrogen) atoms. The van der Waals surface area contributed by atoms with Crippen LogP contribution in [-0.2, 0) is 18.6 Å². The standard InChI is InChI=1S/C14H28NO5P/c1-10(2)8-11(12(16)9-21(7,18)19-6)15-13(17)20-14(3,4)5/h10-11H,8-9H2,1-7H3,(H,15,17)/t11-,21?/m0/s1. The second-order valence-corrected chi connectivity index (χ2v) is 9.36. The van der Waals surface area contributed by atoms with Crippen molar-refractivity contribution in [2.45, 2.75) is 52.7 Å². The van der Waals surface area contributed by atoms with E-state index in [1.807, 2.05) is 13.8 Å². The van der Waals surface area contributed by atoms with E-state index in [1.54, 1.807) is 20.8 Å². The van der Waals surface area contributed by atoms with Crippen molar-refractivity contribution in [3.05, 3.63) is 0 Å². The maximum Gasteiger partial charge on any atom is 0.408 e. The van der Waals surface area contributed by atoms with Crippen LogP contribution in [0.25, 0.3) is 0 Å². The largest absolute Gasteiger partial charge is 0.444 e. The molecule has 0 rings (SSSR count). The van der Waals surface area contributed by atoms with Crippen LogP contribution < -0.4 is 5.32 Å². The number of ketones is 1. The Labute approximate surface area is 127 Å². The van der Waals surface area contributed by atoms with Gasteiger partial charge in [0.25, 0.3) is 0 Å². The maximum absolute atomic E-state index is 12.2. The van der Waals surface area contributed by atoms with Gasteiger partial charge in [-0.1, -0.05) is 13.8 Å². The fourth-order valence-electron chi connectivity index (χ4n) is 1.65. The predicted octanol–water partition coefficient (Wildman–Crippen LogP) is 3.05. The number of hydrogen-bond acceptors (Lipinski definition) is 5. The van der Waals surface area contributed by atoms with Crippen LogP contribution in [0.5, 0.6) is 0 Å². The lowest BCUT2D eigenvalue weighted by molar-refractivity contribution is -0.119. The van der Waals surface area contributed by atoms with Gasteiger partial charge in [-0.3, -0.25) is 9.36 Å². The van der Waals surface area contributed by atoms with Crippen LogP contribution in [0.15, 0.2) is 0 Å². The van der Waals surface area contributed by atoms with Crippen LogP contribution in [0.1, 0.15) is 41.0 Å². The highest BCUT2D eigenvalue weighted by atomic mass is 31.2. The zero-order chi connectivity index (χ0) is 16.8. The molecule has 2 atom stereocenters. The Morgan fingerprint density at radius 3 is 2.14 bits per heavy atom. The van der Waals surface area contributed by atoms with Crippen molar-refractivity contribution in [3.63, 3.8) is 0 Å². The number of rotatable bonds is 7. The molecular formula is C14H28NO5P. The van der Waals surface area contributed by atoms with Crippen molar-refractivity contribution in [2.75, 3.05) is 19.9 Å². The van der Waals surface area contributed by atoms with Crippen LogP contribution >= 0.6 is 7.37 Å². The van der Waals surface area contributed by atoms with Crippen molar-refractivity contribution in [1.29, 1.82) is 0 Å². The van der Waals surface area contributed by atoms with Crippen LogP contribution in [-0.4, -0.2) is 43.5 Å². The second kappa shape index (κ2) is 7.95. The highest BCUT2D eigenvalue weighted by Gasteiger charge is 2.29. The highest BCUT2D eigenvalue weighted by Crippen LogP contribution is 2.41. The average molecular weight is 321 g/mol. The molecule has 0 heterocycles. The third-order valence-corrected chi connectivity index (χ3v) is 4.27. The zero-order valence-corrected chi connectivity index (χ0v) is 15.0. The summed E-state index contributed by atoms with van der Waals surface area (Å²) in [4.78, 5) is 24.0. The third-order valence-electron chi connectivity index (χ3n) is 2.62. The molecule has 7 heteroatoms. The van der Waals surface area contributed by atoms with Gasteiger partial charge in [0.05, 0.1) is 12.2 Å². The molecule has 0 radical (unpaired) electrons. The summed E-state index contributed by atoms with van der Waals surface area (Å²) >= 11 is 0. The normalized spacial score (nSPS) is 16.2. The maximum atomic E-state index is 12.2. The summed E-state index contributed by atoms with van der Waals surface area (Å²) in [5.41, 5.74) is -0.637. The minimum Gasteiger partial charge on any atom is -0.444 e. The number of Topliss-reactive ketones (excluding diaryl/α,β-unsaturated/α-hetero) is 1. The number of nitrogens with one attached hydrogen (secondary N) is 1. The summed E-state index contributed by atoms with van der Waals surface area (Å²) < 4.78 is 21.9. The van der Waals surface area contributed by atoms with E-state index in [0.29, 0.717) is 6.42 Å². The van der Waals surface area contributed by atoms with Gasteiger partial charge in [0.1, 0.15) is 5.60 Å². The molecule has 0 aromatic rings. The molecule has 0 aromatic carbocycles. The molecule has 0 saturated carbocycles. The van der Waals surface area contributed by atoms with Gasteiger partial charge >= 0.3 is 6.09 Å². The first-order valence-electron chi connectivity index (χ1n) is 7.01.